The van der Waals surface area contributed by atoms with E-state index in [9.17, 15) is 0 Å². The maximum absolute atomic E-state index is 6.26. The zero-order valence-electron chi connectivity index (χ0n) is 13.3. The highest BCUT2D eigenvalue weighted by molar-refractivity contribution is 5.01. The molecule has 0 spiro atoms. The van der Waals surface area contributed by atoms with Crippen molar-refractivity contribution in [2.24, 2.45) is 17.6 Å². The summed E-state index contributed by atoms with van der Waals surface area (Å²) in [6.45, 7) is 9.23. The van der Waals surface area contributed by atoms with Gasteiger partial charge >= 0.3 is 0 Å². The summed E-state index contributed by atoms with van der Waals surface area (Å²) in [6, 6.07) is 0.866. The molecule has 2 nitrogen and oxygen atoms in total. The Morgan fingerprint density at radius 1 is 1.16 bits per heavy atom. The van der Waals surface area contributed by atoms with Crippen LogP contribution in [0.15, 0.2) is 0 Å². The van der Waals surface area contributed by atoms with Gasteiger partial charge in [-0.15, -0.1) is 0 Å². The minimum absolute atomic E-state index is 0.349. The minimum Gasteiger partial charge on any atom is -0.329 e. The maximum atomic E-state index is 6.26. The van der Waals surface area contributed by atoms with E-state index in [-0.39, 0.29) is 0 Å². The molecule has 0 aromatic carbocycles. The summed E-state index contributed by atoms with van der Waals surface area (Å²) in [7, 11) is 0. The van der Waals surface area contributed by atoms with Gasteiger partial charge in [-0.25, -0.2) is 0 Å². The molecule has 2 aliphatic rings. The molecule has 0 saturated heterocycles. The Balaban J connectivity index is 2.00. The predicted molar refractivity (Wildman–Crippen MR) is 83.2 cm³/mol. The van der Waals surface area contributed by atoms with Crippen molar-refractivity contribution in [2.75, 3.05) is 13.1 Å². The van der Waals surface area contributed by atoms with E-state index in [1.807, 2.05) is 0 Å². The molecule has 0 aliphatic heterocycles. The average molecular weight is 266 g/mol. The highest BCUT2D eigenvalue weighted by atomic mass is 15.3. The molecule has 0 aromatic heterocycles. The van der Waals surface area contributed by atoms with Gasteiger partial charge in [0, 0.05) is 18.1 Å². The molecule has 0 unspecified atom stereocenters. The van der Waals surface area contributed by atoms with Gasteiger partial charge < -0.3 is 5.73 Å². The number of rotatable bonds is 7. The lowest BCUT2D eigenvalue weighted by molar-refractivity contribution is 0.0269. The minimum atomic E-state index is 0.349. The van der Waals surface area contributed by atoms with Crippen LogP contribution in [0, 0.1) is 11.8 Å². The first-order valence-electron chi connectivity index (χ1n) is 8.60. The highest BCUT2D eigenvalue weighted by Crippen LogP contribution is 2.43. The molecule has 2 fully saturated rings. The third kappa shape index (κ3) is 3.52. The molecular formula is C17H34N2. The van der Waals surface area contributed by atoms with Gasteiger partial charge in [-0.1, -0.05) is 27.2 Å². The number of hydrogen-bond donors (Lipinski definition) is 1. The summed E-state index contributed by atoms with van der Waals surface area (Å²) in [5.41, 5.74) is 6.61. The summed E-state index contributed by atoms with van der Waals surface area (Å²) < 4.78 is 0. The predicted octanol–water partition coefficient (Wildman–Crippen LogP) is 3.79. The molecule has 2 heteroatoms. The van der Waals surface area contributed by atoms with Gasteiger partial charge in [-0.3, -0.25) is 4.90 Å². The van der Waals surface area contributed by atoms with Gasteiger partial charge in [0.2, 0.25) is 0 Å². The molecule has 0 amide bonds. The highest BCUT2D eigenvalue weighted by Gasteiger charge is 2.45. The molecule has 2 saturated carbocycles. The quantitative estimate of drug-likeness (QED) is 0.759. The van der Waals surface area contributed by atoms with E-state index in [4.69, 9.17) is 5.73 Å². The van der Waals surface area contributed by atoms with Crippen LogP contribution in [0.5, 0.6) is 0 Å². The second-order valence-corrected chi connectivity index (χ2v) is 7.29. The van der Waals surface area contributed by atoms with Crippen molar-refractivity contribution in [3.8, 4) is 0 Å². The van der Waals surface area contributed by atoms with Crippen LogP contribution in [-0.4, -0.2) is 29.6 Å². The van der Waals surface area contributed by atoms with E-state index in [0.717, 1.165) is 24.4 Å². The van der Waals surface area contributed by atoms with Crippen molar-refractivity contribution in [3.63, 3.8) is 0 Å². The first-order chi connectivity index (χ1) is 9.13. The van der Waals surface area contributed by atoms with Crippen LogP contribution in [0.4, 0.5) is 0 Å². The second-order valence-electron chi connectivity index (χ2n) is 7.29. The Morgan fingerprint density at radius 2 is 1.79 bits per heavy atom. The summed E-state index contributed by atoms with van der Waals surface area (Å²) >= 11 is 0. The summed E-state index contributed by atoms with van der Waals surface area (Å²) in [6.07, 6.45) is 10.9. The average Bonchev–Trinajstić information content (AvgIpc) is 3.24. The van der Waals surface area contributed by atoms with E-state index in [1.165, 1.54) is 57.9 Å². The normalized spacial score (nSPS) is 32.2. The zero-order valence-corrected chi connectivity index (χ0v) is 13.3. The first-order valence-corrected chi connectivity index (χ1v) is 8.60. The molecule has 0 radical (unpaired) electrons. The number of nitrogens with two attached hydrogens (primary N) is 1. The van der Waals surface area contributed by atoms with E-state index in [0.29, 0.717) is 5.54 Å². The number of nitrogens with zero attached hydrogens (tertiary/aromatic N) is 1. The fourth-order valence-electron chi connectivity index (χ4n) is 3.97. The SMILES string of the molecule is CCCCN(C1CC1)C1(CN)CCC(C(C)C)CC1. The first kappa shape index (κ1) is 15.3. The van der Waals surface area contributed by atoms with Crippen LogP contribution in [0.1, 0.15) is 72.1 Å². The lowest BCUT2D eigenvalue weighted by Gasteiger charge is -2.49. The second kappa shape index (κ2) is 6.58. The molecular weight excluding hydrogens is 232 g/mol. The largest absolute Gasteiger partial charge is 0.329 e. The van der Waals surface area contributed by atoms with Crippen LogP contribution < -0.4 is 5.73 Å². The number of hydrogen-bond acceptors (Lipinski definition) is 2. The fourth-order valence-corrected chi connectivity index (χ4v) is 3.97. The molecule has 0 atom stereocenters. The number of unbranched alkanes of at least 4 members (excludes halogenated alkanes) is 1. The lowest BCUT2D eigenvalue weighted by atomic mass is 9.72. The van der Waals surface area contributed by atoms with Gasteiger partial charge in [-0.2, -0.15) is 0 Å². The molecule has 2 aliphatic carbocycles. The fraction of sp³-hybridized carbons (Fsp3) is 1.00. The molecule has 0 heterocycles. The third-order valence-corrected chi connectivity index (χ3v) is 5.63. The van der Waals surface area contributed by atoms with Crippen molar-refractivity contribution in [3.05, 3.63) is 0 Å². The smallest absolute Gasteiger partial charge is 0.0334 e. The van der Waals surface area contributed by atoms with Crippen LogP contribution in [0.25, 0.3) is 0 Å². The van der Waals surface area contributed by atoms with E-state index >= 15 is 0 Å². The molecule has 19 heavy (non-hydrogen) atoms. The van der Waals surface area contributed by atoms with Gasteiger partial charge in [-0.05, 0) is 63.3 Å². The zero-order chi connectivity index (χ0) is 13.9. The Kier molecular flexibility index (Phi) is 5.30. The van der Waals surface area contributed by atoms with Gasteiger partial charge in [0.15, 0.2) is 0 Å². The lowest BCUT2D eigenvalue weighted by Crippen LogP contribution is -2.57. The Hall–Kier alpha value is -0.0800. The monoisotopic (exact) mass is 266 g/mol. The summed E-state index contributed by atoms with van der Waals surface area (Å²) in [5, 5.41) is 0. The van der Waals surface area contributed by atoms with Crippen LogP contribution >= 0.6 is 0 Å². The van der Waals surface area contributed by atoms with Gasteiger partial charge in [0.05, 0.1) is 0 Å². The van der Waals surface area contributed by atoms with Crippen LogP contribution in [0.3, 0.4) is 0 Å². The van der Waals surface area contributed by atoms with Crippen molar-refractivity contribution in [1.82, 2.24) is 4.90 Å². The standard InChI is InChI=1S/C17H34N2/c1-4-5-12-19(16-6-7-16)17(13-18)10-8-15(9-11-17)14(2)3/h14-16H,4-13,18H2,1-3H3. The van der Waals surface area contributed by atoms with Crippen molar-refractivity contribution < 1.29 is 0 Å². The Bertz CT molecular complexity index is 262. The van der Waals surface area contributed by atoms with Crippen LogP contribution in [-0.2, 0) is 0 Å². The van der Waals surface area contributed by atoms with Crippen molar-refractivity contribution in [1.29, 1.82) is 0 Å². The van der Waals surface area contributed by atoms with Gasteiger partial charge in [0.1, 0.15) is 0 Å². The molecule has 0 bridgehead atoms. The van der Waals surface area contributed by atoms with Crippen molar-refractivity contribution in [2.45, 2.75) is 83.7 Å². The van der Waals surface area contributed by atoms with E-state index in [1.54, 1.807) is 0 Å². The molecule has 2 rings (SSSR count). The topological polar surface area (TPSA) is 29.3 Å². The van der Waals surface area contributed by atoms with E-state index < -0.39 is 0 Å². The molecule has 2 N–H and O–H groups in total. The Morgan fingerprint density at radius 3 is 2.21 bits per heavy atom. The Labute approximate surface area is 120 Å². The van der Waals surface area contributed by atoms with Gasteiger partial charge in [0.25, 0.3) is 0 Å². The third-order valence-electron chi connectivity index (χ3n) is 5.63. The summed E-state index contributed by atoms with van der Waals surface area (Å²) in [5.74, 6) is 1.78. The van der Waals surface area contributed by atoms with E-state index in [2.05, 4.69) is 25.7 Å². The maximum Gasteiger partial charge on any atom is 0.0334 e. The summed E-state index contributed by atoms with van der Waals surface area (Å²) in [4.78, 5) is 2.83. The molecule has 112 valence electrons. The van der Waals surface area contributed by atoms with Crippen molar-refractivity contribution >= 4 is 0 Å². The van der Waals surface area contributed by atoms with Crippen LogP contribution in [0.2, 0.25) is 0 Å². The molecule has 0 aromatic rings.